The van der Waals surface area contributed by atoms with E-state index in [1.165, 1.54) is 51.5 Å². The molecule has 0 aromatic rings. The lowest BCUT2D eigenvalue weighted by molar-refractivity contribution is 0.136. The van der Waals surface area contributed by atoms with Crippen LogP contribution < -0.4 is 5.32 Å². The molecule has 0 aromatic heterocycles. The van der Waals surface area contributed by atoms with E-state index >= 15 is 0 Å². The summed E-state index contributed by atoms with van der Waals surface area (Å²) in [7, 11) is 2.07. The van der Waals surface area contributed by atoms with Crippen LogP contribution in [0, 0.1) is 11.3 Å². The molecule has 0 unspecified atom stereocenters. The van der Waals surface area contributed by atoms with Crippen molar-refractivity contribution in [3.63, 3.8) is 0 Å². The van der Waals surface area contributed by atoms with E-state index in [9.17, 15) is 0 Å². The molecule has 1 nitrogen and oxygen atoms in total. The smallest absolute Gasteiger partial charge is 0.00466 e. The monoisotopic (exact) mass is 197 g/mol. The molecule has 0 bridgehead atoms. The van der Waals surface area contributed by atoms with Crippen molar-refractivity contribution in [1.82, 2.24) is 5.32 Å². The van der Waals surface area contributed by atoms with Crippen LogP contribution in [0.2, 0.25) is 0 Å². The van der Waals surface area contributed by atoms with Gasteiger partial charge in [-0.05, 0) is 37.8 Å². The highest BCUT2D eigenvalue weighted by atomic mass is 14.8. The van der Waals surface area contributed by atoms with Gasteiger partial charge in [0.1, 0.15) is 0 Å². The molecule has 0 heterocycles. The highest BCUT2D eigenvalue weighted by molar-refractivity contribution is 4.83. The van der Waals surface area contributed by atoms with Crippen LogP contribution in [-0.4, -0.2) is 13.6 Å². The summed E-state index contributed by atoms with van der Waals surface area (Å²) in [6, 6.07) is 0. The van der Waals surface area contributed by atoms with E-state index in [0.29, 0.717) is 5.41 Å². The molecule has 1 heteroatoms. The zero-order valence-corrected chi connectivity index (χ0v) is 10.2. The lowest BCUT2D eigenvalue weighted by Gasteiger charge is -2.39. The molecule has 0 radical (unpaired) electrons. The van der Waals surface area contributed by atoms with E-state index in [2.05, 4.69) is 26.2 Å². The summed E-state index contributed by atoms with van der Waals surface area (Å²) in [5, 5.41) is 3.30. The normalized spacial score (nSPS) is 18.2. The first-order chi connectivity index (χ1) is 6.76. The second-order valence-corrected chi connectivity index (χ2v) is 5.06. The Morgan fingerprint density at radius 2 is 1.86 bits per heavy atom. The lowest BCUT2D eigenvalue weighted by Crippen LogP contribution is -2.29. The summed E-state index contributed by atoms with van der Waals surface area (Å²) in [5.74, 6) is 1.06. The highest BCUT2D eigenvalue weighted by Gasteiger charge is 2.31. The first-order valence-electron chi connectivity index (χ1n) is 6.41. The molecule has 14 heavy (non-hydrogen) atoms. The minimum atomic E-state index is 0.647. The molecule has 0 saturated heterocycles. The molecule has 84 valence electrons. The first-order valence-corrected chi connectivity index (χ1v) is 6.41. The molecule has 0 amide bonds. The maximum Gasteiger partial charge on any atom is -0.00466 e. The standard InChI is InChI=1S/C13H27N/c1-4-13(5-2,9-10-14-3)11-12-7-6-8-12/h12,14H,4-11H2,1-3H3. The molecular formula is C13H27N. The Morgan fingerprint density at radius 1 is 1.21 bits per heavy atom. The highest BCUT2D eigenvalue weighted by Crippen LogP contribution is 2.43. The van der Waals surface area contributed by atoms with E-state index in [1.807, 2.05) is 0 Å². The van der Waals surface area contributed by atoms with Crippen molar-refractivity contribution in [1.29, 1.82) is 0 Å². The van der Waals surface area contributed by atoms with Gasteiger partial charge in [0.15, 0.2) is 0 Å². The molecule has 1 fully saturated rings. The van der Waals surface area contributed by atoms with Crippen molar-refractivity contribution in [2.75, 3.05) is 13.6 Å². The maximum atomic E-state index is 3.30. The van der Waals surface area contributed by atoms with Crippen LogP contribution in [0.15, 0.2) is 0 Å². The average Bonchev–Trinajstić information content (AvgIpc) is 2.17. The Bertz CT molecular complexity index is 145. The van der Waals surface area contributed by atoms with Gasteiger partial charge in [-0.25, -0.2) is 0 Å². The van der Waals surface area contributed by atoms with Crippen LogP contribution in [0.1, 0.15) is 58.8 Å². The fourth-order valence-electron chi connectivity index (χ4n) is 2.69. The van der Waals surface area contributed by atoms with Gasteiger partial charge in [-0.15, -0.1) is 0 Å². The van der Waals surface area contributed by atoms with Crippen LogP contribution in [0.3, 0.4) is 0 Å². The van der Waals surface area contributed by atoms with Crippen LogP contribution in [0.25, 0.3) is 0 Å². The fourth-order valence-corrected chi connectivity index (χ4v) is 2.69. The number of nitrogens with one attached hydrogen (secondary N) is 1. The SMILES string of the molecule is CCC(CC)(CCNC)CC1CCC1. The van der Waals surface area contributed by atoms with Gasteiger partial charge in [0.25, 0.3) is 0 Å². The molecule has 1 saturated carbocycles. The summed E-state index contributed by atoms with van der Waals surface area (Å²) in [6.45, 7) is 5.93. The van der Waals surface area contributed by atoms with Gasteiger partial charge in [-0.3, -0.25) is 0 Å². The van der Waals surface area contributed by atoms with Crippen molar-refractivity contribution in [2.45, 2.75) is 58.8 Å². The summed E-state index contributed by atoms with van der Waals surface area (Å²) in [5.41, 5.74) is 0.647. The zero-order valence-electron chi connectivity index (χ0n) is 10.2. The van der Waals surface area contributed by atoms with Crippen molar-refractivity contribution in [2.24, 2.45) is 11.3 Å². The van der Waals surface area contributed by atoms with E-state index < -0.39 is 0 Å². The van der Waals surface area contributed by atoms with Gasteiger partial charge < -0.3 is 5.32 Å². The first kappa shape index (κ1) is 12.0. The van der Waals surface area contributed by atoms with Gasteiger partial charge in [-0.1, -0.05) is 46.0 Å². The summed E-state index contributed by atoms with van der Waals surface area (Å²) < 4.78 is 0. The average molecular weight is 197 g/mol. The Balaban J connectivity index is 2.40. The number of hydrogen-bond acceptors (Lipinski definition) is 1. The maximum absolute atomic E-state index is 3.30. The van der Waals surface area contributed by atoms with Gasteiger partial charge >= 0.3 is 0 Å². The molecule has 0 spiro atoms. The van der Waals surface area contributed by atoms with Gasteiger partial charge in [0.05, 0.1) is 0 Å². The molecule has 1 aliphatic carbocycles. The Hall–Kier alpha value is -0.0400. The van der Waals surface area contributed by atoms with Crippen molar-refractivity contribution >= 4 is 0 Å². The predicted octanol–water partition coefficient (Wildman–Crippen LogP) is 3.59. The largest absolute Gasteiger partial charge is 0.320 e. The van der Waals surface area contributed by atoms with Gasteiger partial charge in [0.2, 0.25) is 0 Å². The molecule has 1 rings (SSSR count). The van der Waals surface area contributed by atoms with Crippen LogP contribution in [0.5, 0.6) is 0 Å². The van der Waals surface area contributed by atoms with Crippen LogP contribution in [-0.2, 0) is 0 Å². The zero-order chi connectivity index (χ0) is 10.4. The second kappa shape index (κ2) is 5.75. The molecule has 0 atom stereocenters. The van der Waals surface area contributed by atoms with Crippen molar-refractivity contribution < 1.29 is 0 Å². The third-order valence-electron chi connectivity index (χ3n) is 4.35. The number of hydrogen-bond donors (Lipinski definition) is 1. The minimum absolute atomic E-state index is 0.647. The summed E-state index contributed by atoms with van der Waals surface area (Å²) in [6.07, 6.45) is 10.1. The van der Waals surface area contributed by atoms with Crippen LogP contribution in [0.4, 0.5) is 0 Å². The van der Waals surface area contributed by atoms with E-state index in [4.69, 9.17) is 0 Å². The van der Waals surface area contributed by atoms with Crippen molar-refractivity contribution in [3.8, 4) is 0 Å². The van der Waals surface area contributed by atoms with Gasteiger partial charge in [-0.2, -0.15) is 0 Å². The Kier molecular flexibility index (Phi) is 4.94. The minimum Gasteiger partial charge on any atom is -0.320 e. The number of rotatable bonds is 7. The quantitative estimate of drug-likeness (QED) is 0.657. The molecule has 1 aliphatic rings. The topological polar surface area (TPSA) is 12.0 Å². The summed E-state index contributed by atoms with van der Waals surface area (Å²) in [4.78, 5) is 0. The van der Waals surface area contributed by atoms with E-state index in [0.717, 1.165) is 5.92 Å². The molecule has 0 aliphatic heterocycles. The molecule has 1 N–H and O–H groups in total. The third-order valence-corrected chi connectivity index (χ3v) is 4.35. The molecular weight excluding hydrogens is 170 g/mol. The van der Waals surface area contributed by atoms with Crippen LogP contribution >= 0.6 is 0 Å². The van der Waals surface area contributed by atoms with E-state index in [1.54, 1.807) is 0 Å². The van der Waals surface area contributed by atoms with Crippen molar-refractivity contribution in [3.05, 3.63) is 0 Å². The Morgan fingerprint density at radius 3 is 2.21 bits per heavy atom. The van der Waals surface area contributed by atoms with E-state index in [-0.39, 0.29) is 0 Å². The lowest BCUT2D eigenvalue weighted by atomic mass is 9.67. The summed E-state index contributed by atoms with van der Waals surface area (Å²) >= 11 is 0. The Labute approximate surface area is 89.7 Å². The fraction of sp³-hybridized carbons (Fsp3) is 1.00. The van der Waals surface area contributed by atoms with Gasteiger partial charge in [0, 0.05) is 0 Å². The predicted molar refractivity (Wildman–Crippen MR) is 63.5 cm³/mol. The second-order valence-electron chi connectivity index (χ2n) is 5.06. The molecule has 0 aromatic carbocycles. The third kappa shape index (κ3) is 2.98.